The van der Waals surface area contributed by atoms with Crippen LogP contribution in [0.25, 0.3) is 0 Å². The molecule has 0 radical (unpaired) electrons. The Labute approximate surface area is 124 Å². The number of hydrogen-bond acceptors (Lipinski definition) is 4. The van der Waals surface area contributed by atoms with Gasteiger partial charge in [0, 0.05) is 13.0 Å². The Morgan fingerprint density at radius 1 is 1.00 bits per heavy atom. The van der Waals surface area contributed by atoms with Crippen molar-refractivity contribution in [2.45, 2.75) is 78.4 Å². The molecule has 0 rings (SSSR count). The van der Waals surface area contributed by atoms with E-state index in [2.05, 4.69) is 5.09 Å². The van der Waals surface area contributed by atoms with Gasteiger partial charge in [-0.1, -0.05) is 19.3 Å². The topological polar surface area (TPSA) is 67.8 Å². The highest BCUT2D eigenvalue weighted by molar-refractivity contribution is 7.45. The largest absolute Gasteiger partial charge is 0.481 e. The van der Waals surface area contributed by atoms with Gasteiger partial charge < -0.3 is 14.2 Å². The summed E-state index contributed by atoms with van der Waals surface area (Å²) in [5.74, 6) is -0.700. The molecule has 0 saturated carbocycles. The highest BCUT2D eigenvalue weighted by atomic mass is 31.2. The Morgan fingerprint density at radius 2 is 1.50 bits per heavy atom. The Kier molecular flexibility index (Phi) is 12.4. The molecule has 0 atom stereocenters. The van der Waals surface area contributed by atoms with Crippen LogP contribution in [0.15, 0.2) is 0 Å². The summed E-state index contributed by atoms with van der Waals surface area (Å²) in [7, 11) is -1.00. The molecule has 2 N–H and O–H groups in total. The molecule has 0 fully saturated rings. The zero-order valence-electron chi connectivity index (χ0n) is 13.2. The fraction of sp³-hybridized carbons (Fsp3) is 0.929. The van der Waals surface area contributed by atoms with Crippen LogP contribution in [0.4, 0.5) is 0 Å². The van der Waals surface area contributed by atoms with Gasteiger partial charge >= 0.3 is 5.97 Å². The van der Waals surface area contributed by atoms with Gasteiger partial charge in [-0.2, -0.15) is 0 Å². The lowest BCUT2D eigenvalue weighted by atomic mass is 10.1. The van der Waals surface area contributed by atoms with E-state index >= 15 is 0 Å². The van der Waals surface area contributed by atoms with E-state index in [1.807, 2.05) is 27.7 Å². The van der Waals surface area contributed by atoms with Crippen LogP contribution in [0.1, 0.15) is 66.2 Å². The van der Waals surface area contributed by atoms with Crippen LogP contribution in [-0.4, -0.2) is 29.8 Å². The molecule has 5 nitrogen and oxygen atoms in total. The van der Waals surface area contributed by atoms with E-state index in [0.29, 0.717) is 0 Å². The normalized spacial score (nSPS) is 11.8. The summed E-state index contributed by atoms with van der Waals surface area (Å²) in [4.78, 5) is 10.3. The molecule has 0 aliphatic heterocycles. The maximum absolute atomic E-state index is 10.3. The molecule has 0 saturated heterocycles. The van der Waals surface area contributed by atoms with E-state index in [1.54, 1.807) is 0 Å². The fourth-order valence-corrected chi connectivity index (χ4v) is 2.89. The van der Waals surface area contributed by atoms with Crippen LogP contribution < -0.4 is 5.09 Å². The molecule has 0 aromatic rings. The molecule has 0 amide bonds. The summed E-state index contributed by atoms with van der Waals surface area (Å²) in [6, 6.07) is 0. The second-order valence-corrected chi connectivity index (χ2v) is 6.64. The quantitative estimate of drug-likeness (QED) is 0.396. The lowest BCUT2D eigenvalue weighted by Crippen LogP contribution is -2.17. The zero-order valence-corrected chi connectivity index (χ0v) is 14.1. The fourth-order valence-electron chi connectivity index (χ4n) is 1.58. The summed E-state index contributed by atoms with van der Waals surface area (Å²) in [6.45, 7) is 8.89. The molecule has 20 heavy (non-hydrogen) atoms. The Hall–Kier alpha value is -0.220. The van der Waals surface area contributed by atoms with Crippen molar-refractivity contribution in [3.63, 3.8) is 0 Å². The van der Waals surface area contributed by atoms with E-state index < -0.39 is 14.5 Å². The number of unbranched alkanes of at least 4 members (excludes halogenated alkanes) is 4. The molecular formula is C14H30NO4P. The summed E-state index contributed by atoms with van der Waals surface area (Å²) >= 11 is 0. The van der Waals surface area contributed by atoms with Crippen molar-refractivity contribution in [2.75, 3.05) is 6.54 Å². The van der Waals surface area contributed by atoms with Gasteiger partial charge in [-0.05, 0) is 40.5 Å². The predicted molar refractivity (Wildman–Crippen MR) is 82.7 cm³/mol. The molecule has 0 unspecified atom stereocenters. The smallest absolute Gasteiger partial charge is 0.303 e. The van der Waals surface area contributed by atoms with E-state index in [4.69, 9.17) is 14.2 Å². The van der Waals surface area contributed by atoms with Gasteiger partial charge in [0.2, 0.25) is 0 Å². The van der Waals surface area contributed by atoms with Gasteiger partial charge in [-0.3, -0.25) is 9.88 Å². The number of nitrogens with one attached hydrogen (secondary N) is 1. The van der Waals surface area contributed by atoms with Crippen molar-refractivity contribution in [3.05, 3.63) is 0 Å². The molecular weight excluding hydrogens is 277 g/mol. The Morgan fingerprint density at radius 3 is 2.00 bits per heavy atom. The average Bonchev–Trinajstić information content (AvgIpc) is 2.30. The monoisotopic (exact) mass is 307 g/mol. The first-order valence-corrected chi connectivity index (χ1v) is 8.68. The Bertz CT molecular complexity index is 239. The van der Waals surface area contributed by atoms with Gasteiger partial charge in [0.15, 0.2) is 0 Å². The standard InChI is InChI=1S/C14H30NO4P/c1-12(2)18-20(19-13(3)4)15-11-9-7-5-6-8-10-14(16)17/h12-13,15H,5-11H2,1-4H3,(H,16,17). The molecule has 120 valence electrons. The SMILES string of the molecule is CC(C)OP(NCCCCCCCC(=O)O)OC(C)C. The molecule has 0 aromatic heterocycles. The Balaban J connectivity index is 3.55. The van der Waals surface area contributed by atoms with Crippen molar-refractivity contribution in [2.24, 2.45) is 0 Å². The van der Waals surface area contributed by atoms with Crippen molar-refractivity contribution < 1.29 is 18.9 Å². The first kappa shape index (κ1) is 19.8. The van der Waals surface area contributed by atoms with Gasteiger partial charge in [0.25, 0.3) is 8.53 Å². The van der Waals surface area contributed by atoms with Crippen molar-refractivity contribution >= 4 is 14.5 Å². The van der Waals surface area contributed by atoms with Crippen LogP contribution in [-0.2, 0) is 13.8 Å². The van der Waals surface area contributed by atoms with E-state index in [9.17, 15) is 4.79 Å². The van der Waals surface area contributed by atoms with Crippen LogP contribution in [0.3, 0.4) is 0 Å². The van der Waals surface area contributed by atoms with Crippen molar-refractivity contribution in [1.29, 1.82) is 0 Å². The number of carboxylic acids is 1. The lowest BCUT2D eigenvalue weighted by molar-refractivity contribution is -0.137. The minimum atomic E-state index is -1.00. The van der Waals surface area contributed by atoms with Crippen LogP contribution in [0, 0.1) is 0 Å². The minimum Gasteiger partial charge on any atom is -0.481 e. The van der Waals surface area contributed by atoms with Gasteiger partial charge in [0.1, 0.15) is 0 Å². The van der Waals surface area contributed by atoms with Gasteiger partial charge in [0.05, 0.1) is 12.2 Å². The molecule has 0 bridgehead atoms. The highest BCUT2D eigenvalue weighted by Gasteiger charge is 2.13. The first-order chi connectivity index (χ1) is 9.41. The number of rotatable bonds is 13. The van der Waals surface area contributed by atoms with Crippen LogP contribution in [0.5, 0.6) is 0 Å². The predicted octanol–water partition coefficient (Wildman–Crippen LogP) is 4.08. The third kappa shape index (κ3) is 14.2. The number of carboxylic acid groups (broad SMARTS) is 1. The molecule has 6 heteroatoms. The molecule has 0 aliphatic carbocycles. The number of hydrogen-bond donors (Lipinski definition) is 2. The summed E-state index contributed by atoms with van der Waals surface area (Å²) < 4.78 is 11.4. The molecule has 0 heterocycles. The van der Waals surface area contributed by atoms with E-state index in [0.717, 1.165) is 38.6 Å². The third-order valence-corrected chi connectivity index (χ3v) is 4.13. The van der Waals surface area contributed by atoms with E-state index in [1.165, 1.54) is 0 Å². The molecule has 0 aliphatic rings. The van der Waals surface area contributed by atoms with Gasteiger partial charge in [-0.15, -0.1) is 0 Å². The zero-order chi connectivity index (χ0) is 15.4. The highest BCUT2D eigenvalue weighted by Crippen LogP contribution is 2.36. The first-order valence-electron chi connectivity index (χ1n) is 7.50. The molecule has 0 spiro atoms. The minimum absolute atomic E-state index is 0.156. The van der Waals surface area contributed by atoms with Crippen LogP contribution in [0.2, 0.25) is 0 Å². The van der Waals surface area contributed by atoms with Crippen molar-refractivity contribution in [3.8, 4) is 0 Å². The average molecular weight is 307 g/mol. The maximum atomic E-state index is 10.3. The van der Waals surface area contributed by atoms with Crippen molar-refractivity contribution in [1.82, 2.24) is 5.09 Å². The third-order valence-electron chi connectivity index (χ3n) is 2.42. The van der Waals surface area contributed by atoms with Gasteiger partial charge in [-0.25, -0.2) is 0 Å². The summed E-state index contributed by atoms with van der Waals surface area (Å²) in [5, 5.41) is 11.8. The second kappa shape index (κ2) is 12.5. The lowest BCUT2D eigenvalue weighted by Gasteiger charge is -2.22. The maximum Gasteiger partial charge on any atom is 0.303 e. The second-order valence-electron chi connectivity index (χ2n) is 5.39. The summed E-state index contributed by atoms with van der Waals surface area (Å²) in [6.07, 6.45) is 5.63. The summed E-state index contributed by atoms with van der Waals surface area (Å²) in [5.41, 5.74) is 0. The van der Waals surface area contributed by atoms with E-state index in [-0.39, 0.29) is 18.6 Å². The molecule has 0 aromatic carbocycles. The van der Waals surface area contributed by atoms with Crippen LogP contribution >= 0.6 is 8.53 Å². The number of carbonyl (C=O) groups is 1. The number of aliphatic carboxylic acids is 1.